The Hall–Kier alpha value is -1.94. The van der Waals surface area contributed by atoms with Crippen molar-refractivity contribution in [2.45, 2.75) is 13.3 Å². The van der Waals surface area contributed by atoms with E-state index in [4.69, 9.17) is 26.8 Å². The molecule has 0 spiro atoms. The molecule has 0 aliphatic heterocycles. The van der Waals surface area contributed by atoms with Gasteiger partial charge in [-0.15, -0.1) is 0 Å². The second-order valence-electron chi connectivity index (χ2n) is 4.19. The zero-order chi connectivity index (χ0) is 14.5. The molecular weight excluding hydrogens is 281 g/mol. The van der Waals surface area contributed by atoms with Crippen LogP contribution in [0.1, 0.15) is 13.3 Å². The maximum absolute atomic E-state index is 13.1. The molecule has 0 aliphatic carbocycles. The van der Waals surface area contributed by atoms with E-state index in [1.807, 2.05) is 6.92 Å². The number of nitrogens with two attached hydrogens (primary N) is 1. The van der Waals surface area contributed by atoms with Gasteiger partial charge in [-0.25, -0.2) is 4.39 Å². The van der Waals surface area contributed by atoms with Gasteiger partial charge < -0.3 is 15.2 Å². The number of anilines is 1. The first kappa shape index (κ1) is 14.5. The molecule has 0 saturated heterocycles. The molecule has 3 nitrogen and oxygen atoms in total. The van der Waals surface area contributed by atoms with E-state index in [1.54, 1.807) is 18.2 Å². The molecule has 0 bridgehead atoms. The minimum Gasteiger partial charge on any atom is -0.491 e. The van der Waals surface area contributed by atoms with Crippen molar-refractivity contribution >= 4 is 17.3 Å². The molecule has 2 N–H and O–H groups in total. The third-order valence-electron chi connectivity index (χ3n) is 2.61. The molecule has 2 rings (SSSR count). The van der Waals surface area contributed by atoms with Crippen molar-refractivity contribution < 1.29 is 13.9 Å². The summed E-state index contributed by atoms with van der Waals surface area (Å²) >= 11 is 5.71. The average Bonchev–Trinajstić information content (AvgIpc) is 2.44. The van der Waals surface area contributed by atoms with Crippen LogP contribution in [0.25, 0.3) is 0 Å². The summed E-state index contributed by atoms with van der Waals surface area (Å²) in [6.07, 6.45) is 0.887. The van der Waals surface area contributed by atoms with E-state index < -0.39 is 5.82 Å². The van der Waals surface area contributed by atoms with E-state index in [1.165, 1.54) is 18.2 Å². The van der Waals surface area contributed by atoms with Crippen LogP contribution in [0.3, 0.4) is 0 Å². The van der Waals surface area contributed by atoms with Crippen LogP contribution < -0.4 is 15.2 Å². The Morgan fingerprint density at radius 2 is 1.95 bits per heavy atom. The van der Waals surface area contributed by atoms with Gasteiger partial charge in [0.05, 0.1) is 11.6 Å². The average molecular weight is 296 g/mol. The number of para-hydroxylation sites is 1. The van der Waals surface area contributed by atoms with Crippen LogP contribution in [0.2, 0.25) is 5.02 Å². The summed E-state index contributed by atoms with van der Waals surface area (Å²) < 4.78 is 24.2. The van der Waals surface area contributed by atoms with Gasteiger partial charge in [0.25, 0.3) is 0 Å². The zero-order valence-corrected chi connectivity index (χ0v) is 11.8. The summed E-state index contributed by atoms with van der Waals surface area (Å²) in [4.78, 5) is 0. The van der Waals surface area contributed by atoms with Crippen molar-refractivity contribution in [3.05, 3.63) is 47.2 Å². The van der Waals surface area contributed by atoms with Gasteiger partial charge in [-0.3, -0.25) is 0 Å². The maximum Gasteiger partial charge on any atom is 0.154 e. The van der Waals surface area contributed by atoms with Crippen molar-refractivity contribution in [2.24, 2.45) is 0 Å². The molecule has 0 amide bonds. The topological polar surface area (TPSA) is 44.5 Å². The lowest BCUT2D eigenvalue weighted by atomic mass is 10.2. The van der Waals surface area contributed by atoms with E-state index in [0.717, 1.165) is 6.42 Å². The third kappa shape index (κ3) is 3.33. The first-order valence-corrected chi connectivity index (χ1v) is 6.63. The maximum atomic E-state index is 13.1. The van der Waals surface area contributed by atoms with Crippen LogP contribution in [0.4, 0.5) is 10.1 Å². The normalized spacial score (nSPS) is 10.3. The SMILES string of the molecule is CCCOc1cccc(Oc2ccc(F)c(Cl)c2)c1N. The van der Waals surface area contributed by atoms with Crippen molar-refractivity contribution in [1.29, 1.82) is 0 Å². The minimum atomic E-state index is -0.494. The predicted octanol–water partition coefficient (Wildman–Crippen LogP) is 4.64. The molecule has 106 valence electrons. The Morgan fingerprint density at radius 3 is 2.65 bits per heavy atom. The van der Waals surface area contributed by atoms with Crippen LogP contribution in [-0.2, 0) is 0 Å². The summed E-state index contributed by atoms with van der Waals surface area (Å²) in [5, 5.41) is -0.000501. The van der Waals surface area contributed by atoms with Gasteiger partial charge in [-0.2, -0.15) is 0 Å². The smallest absolute Gasteiger partial charge is 0.154 e. The lowest BCUT2D eigenvalue weighted by Crippen LogP contribution is -2.00. The molecule has 2 aromatic carbocycles. The van der Waals surface area contributed by atoms with Crippen LogP contribution in [0.15, 0.2) is 36.4 Å². The van der Waals surface area contributed by atoms with Gasteiger partial charge in [-0.05, 0) is 30.7 Å². The number of hydrogen-bond donors (Lipinski definition) is 1. The first-order chi connectivity index (χ1) is 9.61. The fourth-order valence-electron chi connectivity index (χ4n) is 1.62. The highest BCUT2D eigenvalue weighted by Crippen LogP contribution is 2.35. The number of halogens is 2. The Labute approximate surface area is 122 Å². The number of ether oxygens (including phenoxy) is 2. The van der Waals surface area contributed by atoms with Gasteiger partial charge in [0, 0.05) is 6.07 Å². The van der Waals surface area contributed by atoms with Crippen LogP contribution >= 0.6 is 11.6 Å². The Balaban J connectivity index is 2.22. The number of benzene rings is 2. The summed E-state index contributed by atoms with van der Waals surface area (Å²) in [5.74, 6) is 0.932. The molecule has 0 heterocycles. The molecule has 0 fully saturated rings. The quantitative estimate of drug-likeness (QED) is 0.817. The molecule has 2 aromatic rings. The van der Waals surface area contributed by atoms with Crippen molar-refractivity contribution in [3.8, 4) is 17.2 Å². The molecule has 0 aromatic heterocycles. The summed E-state index contributed by atoms with van der Waals surface area (Å²) in [7, 11) is 0. The summed E-state index contributed by atoms with van der Waals surface area (Å²) in [6.45, 7) is 2.59. The molecule has 0 unspecified atom stereocenters. The van der Waals surface area contributed by atoms with Gasteiger partial charge >= 0.3 is 0 Å². The molecule has 0 aliphatic rings. The minimum absolute atomic E-state index is 0.000501. The highest BCUT2D eigenvalue weighted by atomic mass is 35.5. The molecule has 5 heteroatoms. The van der Waals surface area contributed by atoms with E-state index >= 15 is 0 Å². The summed E-state index contributed by atoms with van der Waals surface area (Å²) in [6, 6.07) is 9.39. The largest absolute Gasteiger partial charge is 0.491 e. The zero-order valence-electron chi connectivity index (χ0n) is 11.0. The van der Waals surface area contributed by atoms with Crippen molar-refractivity contribution in [1.82, 2.24) is 0 Å². The Morgan fingerprint density at radius 1 is 1.20 bits per heavy atom. The highest BCUT2D eigenvalue weighted by molar-refractivity contribution is 6.30. The second-order valence-corrected chi connectivity index (χ2v) is 4.60. The third-order valence-corrected chi connectivity index (χ3v) is 2.90. The van der Waals surface area contributed by atoms with E-state index in [2.05, 4.69) is 0 Å². The number of nitrogen functional groups attached to an aromatic ring is 1. The second kappa shape index (κ2) is 6.48. The molecule has 20 heavy (non-hydrogen) atoms. The Bertz CT molecular complexity index is 604. The van der Waals surface area contributed by atoms with Gasteiger partial charge in [0.2, 0.25) is 0 Å². The lowest BCUT2D eigenvalue weighted by Gasteiger charge is -2.13. The fraction of sp³-hybridized carbons (Fsp3) is 0.200. The van der Waals surface area contributed by atoms with Crippen molar-refractivity contribution in [2.75, 3.05) is 12.3 Å². The van der Waals surface area contributed by atoms with Crippen LogP contribution in [0, 0.1) is 5.82 Å². The van der Waals surface area contributed by atoms with E-state index in [0.29, 0.717) is 29.5 Å². The number of hydrogen-bond acceptors (Lipinski definition) is 3. The van der Waals surface area contributed by atoms with Gasteiger partial charge in [0.1, 0.15) is 23.0 Å². The standard InChI is InChI=1S/C15H15ClFNO2/c1-2-8-19-13-4-3-5-14(15(13)18)20-10-6-7-12(17)11(16)9-10/h3-7,9H,2,8,18H2,1H3. The highest BCUT2D eigenvalue weighted by Gasteiger charge is 2.09. The van der Waals surface area contributed by atoms with Crippen LogP contribution in [0.5, 0.6) is 17.2 Å². The predicted molar refractivity (Wildman–Crippen MR) is 78.1 cm³/mol. The summed E-state index contributed by atoms with van der Waals surface area (Å²) in [5.41, 5.74) is 6.39. The Kier molecular flexibility index (Phi) is 4.69. The molecule has 0 radical (unpaired) electrons. The number of rotatable bonds is 5. The van der Waals surface area contributed by atoms with Crippen molar-refractivity contribution in [3.63, 3.8) is 0 Å². The first-order valence-electron chi connectivity index (χ1n) is 6.26. The monoisotopic (exact) mass is 295 g/mol. The van der Waals surface area contributed by atoms with E-state index in [-0.39, 0.29) is 5.02 Å². The molecule has 0 saturated carbocycles. The van der Waals surface area contributed by atoms with Crippen LogP contribution in [-0.4, -0.2) is 6.61 Å². The molecule has 0 atom stereocenters. The molecular formula is C15H15ClFNO2. The van der Waals surface area contributed by atoms with E-state index in [9.17, 15) is 4.39 Å². The fourth-order valence-corrected chi connectivity index (χ4v) is 1.79. The lowest BCUT2D eigenvalue weighted by molar-refractivity contribution is 0.318. The van der Waals surface area contributed by atoms with Gasteiger partial charge in [0.15, 0.2) is 5.75 Å². The van der Waals surface area contributed by atoms with Gasteiger partial charge in [-0.1, -0.05) is 24.6 Å².